The number of hydrogen-bond donors (Lipinski definition) is 0. The number of rotatable bonds is 13. The van der Waals surface area contributed by atoms with Crippen molar-refractivity contribution >= 4 is 33.2 Å². The maximum Gasteiger partial charge on any atom is 0.135 e. The molecule has 0 unspecified atom stereocenters. The van der Waals surface area contributed by atoms with Gasteiger partial charge in [0.15, 0.2) is 0 Å². The van der Waals surface area contributed by atoms with Gasteiger partial charge in [-0.15, -0.1) is 53.6 Å². The number of anilines is 2. The molecule has 0 bridgehead atoms. The molecule has 0 atom stereocenters. The van der Waals surface area contributed by atoms with Gasteiger partial charge in [-0.2, -0.15) is 6.07 Å². The Morgan fingerprint density at radius 2 is 1.09 bits per heavy atom. The molecule has 0 saturated carbocycles. The van der Waals surface area contributed by atoms with Crippen LogP contribution in [0.2, 0.25) is 0 Å². The Balaban J connectivity index is 0.00000753. The third-order valence-electron chi connectivity index (χ3n) is 16.7. The van der Waals surface area contributed by atoms with E-state index in [1.165, 1.54) is 50.1 Å². The molecule has 0 spiro atoms. The molecule has 0 radical (unpaired) electrons. The fourth-order valence-electron chi connectivity index (χ4n) is 11.7. The molecule has 2 aromatic heterocycles. The van der Waals surface area contributed by atoms with E-state index in [-0.39, 0.29) is 54.6 Å². The summed E-state index contributed by atoms with van der Waals surface area (Å²) in [6.07, 6.45) is 4.25. The van der Waals surface area contributed by atoms with E-state index in [2.05, 4.69) is 318 Å². The van der Waals surface area contributed by atoms with E-state index in [4.69, 9.17) is 9.72 Å². The van der Waals surface area contributed by atoms with Crippen molar-refractivity contribution in [1.82, 2.24) is 9.55 Å². The Hall–Kier alpha value is -7.46. The van der Waals surface area contributed by atoms with Crippen LogP contribution < -0.4 is 14.5 Å². The summed E-state index contributed by atoms with van der Waals surface area (Å²) in [5.74, 6) is 2.59. The van der Waals surface area contributed by atoms with Gasteiger partial charge >= 0.3 is 0 Å². The van der Waals surface area contributed by atoms with Gasteiger partial charge in [-0.1, -0.05) is 230 Å². The fourth-order valence-corrected chi connectivity index (χ4v) is 11.7. The van der Waals surface area contributed by atoms with Gasteiger partial charge < -0.3 is 19.1 Å². The van der Waals surface area contributed by atoms with E-state index in [1.807, 2.05) is 6.20 Å². The van der Waals surface area contributed by atoms with E-state index < -0.39 is 0 Å². The van der Waals surface area contributed by atoms with E-state index in [9.17, 15) is 0 Å². The van der Waals surface area contributed by atoms with Crippen molar-refractivity contribution in [2.24, 2.45) is 5.41 Å². The molecule has 5 nitrogen and oxygen atoms in total. The van der Waals surface area contributed by atoms with Crippen LogP contribution in [0.4, 0.5) is 11.4 Å². The van der Waals surface area contributed by atoms with Gasteiger partial charge in [0, 0.05) is 71.9 Å². The number of nitrogens with zero attached hydrogens (tertiary/aromatic N) is 4. The first-order chi connectivity index (χ1) is 38.6. The molecule has 1 aliphatic rings. The topological polar surface area (TPSA) is 33.5 Å². The van der Waals surface area contributed by atoms with E-state index in [0.29, 0.717) is 11.5 Å². The molecule has 1 aliphatic heterocycles. The van der Waals surface area contributed by atoms with Crippen LogP contribution in [0.25, 0.3) is 49.9 Å². The zero-order valence-corrected chi connectivity index (χ0v) is 52.5. The van der Waals surface area contributed by atoms with Gasteiger partial charge in [-0.25, -0.2) is 4.98 Å². The van der Waals surface area contributed by atoms with Gasteiger partial charge in [-0.05, 0) is 115 Å². The second-order valence-electron chi connectivity index (χ2n) is 25.9. The van der Waals surface area contributed by atoms with Crippen LogP contribution in [-0.4, -0.2) is 9.55 Å². The maximum absolute atomic E-state index is 7.21. The van der Waals surface area contributed by atoms with Gasteiger partial charge in [0.2, 0.25) is 0 Å². The summed E-state index contributed by atoms with van der Waals surface area (Å²) in [5.41, 5.74) is 17.6. The molecule has 0 amide bonds. The van der Waals surface area contributed by atoms with Crippen molar-refractivity contribution in [3.8, 4) is 39.6 Å². The number of hydrogen-bond acceptors (Lipinski definition) is 4. The first-order valence-electron chi connectivity index (χ1n) is 28.9. The number of pyridine rings is 1. The molecular formula is C76H77N4OPt-3. The molecule has 6 heteroatoms. The van der Waals surface area contributed by atoms with Gasteiger partial charge in [0.05, 0.1) is 0 Å². The molecule has 0 fully saturated rings. The fraction of sp³-hybridized carbons (Fsp3) is 0.263. The minimum Gasteiger partial charge on any atom is -0.509 e. The average Bonchev–Trinajstić information content (AvgIpc) is 2.66. The third kappa shape index (κ3) is 11.1. The standard InChI is InChI=1S/C76H77N4O.Pt/c1-50(2)64-31-24-32-65(51(3)4)72(64)54-39-61(79-49-78(48-70(79)74(8,9)10)60-43-58(75(11,12)55-27-20-16-21-28-55)42-59(44-60)76(13,14)56-29-22-17-23-30-56)46-63(40-54)81-62-34-35-66-67-41-53(52-25-18-15-19-26-52)33-36-68(67)80(69(66)47-62)71-45-57(37-38-77-71)73(5,6)7;/h15-45,48-51H,1-14H3;/q-3;. The van der Waals surface area contributed by atoms with Crippen LogP contribution in [-0.2, 0) is 37.3 Å². The molecule has 0 saturated heterocycles. The average molecular weight is 1260 g/mol. The van der Waals surface area contributed by atoms with Crippen molar-refractivity contribution in [1.29, 1.82) is 0 Å². The summed E-state index contributed by atoms with van der Waals surface area (Å²) in [4.78, 5) is 9.69. The minimum atomic E-state index is -0.284. The molecule has 11 rings (SSSR count). The zero-order chi connectivity index (χ0) is 57.2. The largest absolute Gasteiger partial charge is 0.509 e. The van der Waals surface area contributed by atoms with Crippen LogP contribution in [0.5, 0.6) is 11.5 Å². The SMILES string of the molecule is CC(C)c1cccc(C(C)C)c1-c1cc(Oc2[c-]c3c(cc2)c2cc(-c4ccccc4)ccc2n3-c2cc(C(C)(C)C)ccn2)[c-]c(N2[CH-]N(c3cc(C(C)(C)c4ccccc4)cc(C(C)(C)c4ccccc4)c3)C=C2C(C)(C)C)c1.[Pt]. The maximum atomic E-state index is 7.21. The molecule has 0 N–H and O–H groups in total. The summed E-state index contributed by atoms with van der Waals surface area (Å²) >= 11 is 0. The first kappa shape index (κ1) is 57.8. The van der Waals surface area contributed by atoms with Crippen LogP contribution >= 0.6 is 0 Å². The first-order valence-corrected chi connectivity index (χ1v) is 28.9. The minimum absolute atomic E-state index is 0. The van der Waals surface area contributed by atoms with Crippen molar-refractivity contribution < 1.29 is 25.8 Å². The summed E-state index contributed by atoms with van der Waals surface area (Å²) < 4.78 is 9.46. The molecule has 8 aromatic carbocycles. The molecule has 10 aromatic rings. The summed E-state index contributed by atoms with van der Waals surface area (Å²) in [6.45, 7) is 34.4. The van der Waals surface area contributed by atoms with E-state index >= 15 is 0 Å². The van der Waals surface area contributed by atoms with Crippen LogP contribution in [0.15, 0.2) is 200 Å². The molecule has 420 valence electrons. The third-order valence-corrected chi connectivity index (χ3v) is 16.7. The predicted molar refractivity (Wildman–Crippen MR) is 341 cm³/mol. The van der Waals surface area contributed by atoms with E-state index in [0.717, 1.165) is 55.8 Å². The Kier molecular flexibility index (Phi) is 15.8. The van der Waals surface area contributed by atoms with Crippen LogP contribution in [0.3, 0.4) is 0 Å². The Morgan fingerprint density at radius 1 is 0.488 bits per heavy atom. The Morgan fingerprint density at radius 3 is 1.66 bits per heavy atom. The second-order valence-corrected chi connectivity index (χ2v) is 25.9. The molecule has 3 heterocycles. The Labute approximate surface area is 503 Å². The number of benzene rings is 8. The number of allylic oxidation sites excluding steroid dienone is 1. The van der Waals surface area contributed by atoms with Crippen molar-refractivity contribution in [2.75, 3.05) is 9.80 Å². The van der Waals surface area contributed by atoms with Crippen molar-refractivity contribution in [2.45, 2.75) is 125 Å². The smallest absolute Gasteiger partial charge is 0.135 e. The summed E-state index contributed by atoms with van der Waals surface area (Å²) in [7, 11) is 0. The molecular weight excluding hydrogens is 1180 g/mol. The predicted octanol–water partition coefficient (Wildman–Crippen LogP) is 20.4. The number of fused-ring (bicyclic) bond motifs is 3. The van der Waals surface area contributed by atoms with E-state index in [1.54, 1.807) is 0 Å². The summed E-state index contributed by atoms with van der Waals surface area (Å²) in [5, 5.41) is 2.20. The zero-order valence-electron chi connectivity index (χ0n) is 50.2. The van der Waals surface area contributed by atoms with Crippen LogP contribution in [0.1, 0.15) is 148 Å². The van der Waals surface area contributed by atoms with Crippen molar-refractivity contribution in [3.63, 3.8) is 0 Å². The molecule has 82 heavy (non-hydrogen) atoms. The number of aromatic nitrogens is 2. The molecule has 0 aliphatic carbocycles. The van der Waals surface area contributed by atoms with Gasteiger partial charge in [0.1, 0.15) is 5.82 Å². The quantitative estimate of drug-likeness (QED) is 0.108. The van der Waals surface area contributed by atoms with Gasteiger partial charge in [0.25, 0.3) is 0 Å². The monoisotopic (exact) mass is 1260 g/mol. The summed E-state index contributed by atoms with van der Waals surface area (Å²) in [6, 6.07) is 73.9. The van der Waals surface area contributed by atoms with Crippen LogP contribution in [0, 0.1) is 24.2 Å². The second kappa shape index (κ2) is 22.4. The normalized spacial score (nSPS) is 13.3. The van der Waals surface area contributed by atoms with Gasteiger partial charge in [-0.3, -0.25) is 0 Å². The van der Waals surface area contributed by atoms with Crippen molar-refractivity contribution in [3.05, 3.63) is 258 Å². The number of ether oxygens (including phenoxy) is 1. The Bertz CT molecular complexity index is 3870.